The minimum Gasteiger partial charge on any atom is -0.340 e. The van der Waals surface area contributed by atoms with Crippen molar-refractivity contribution in [2.75, 3.05) is 19.6 Å². The van der Waals surface area contributed by atoms with E-state index in [1.54, 1.807) is 6.33 Å². The lowest BCUT2D eigenvalue weighted by Crippen LogP contribution is -2.45. The highest BCUT2D eigenvalue weighted by Crippen LogP contribution is 2.29. The molecule has 3 heterocycles. The molecule has 0 saturated carbocycles. The number of carbonyl (C=O) groups excluding carboxylic acids is 1. The number of likely N-dealkylation sites (tertiary alicyclic amines) is 1. The second-order valence-corrected chi connectivity index (χ2v) is 5.74. The van der Waals surface area contributed by atoms with E-state index < -0.39 is 0 Å². The van der Waals surface area contributed by atoms with Gasteiger partial charge in [0, 0.05) is 25.8 Å². The molecule has 5 heteroatoms. The predicted molar refractivity (Wildman–Crippen MR) is 72.9 cm³/mol. The molecule has 1 aromatic rings. The van der Waals surface area contributed by atoms with Crippen molar-refractivity contribution in [1.82, 2.24) is 19.8 Å². The molecule has 2 aliphatic heterocycles. The first kappa shape index (κ1) is 12.7. The van der Waals surface area contributed by atoms with Crippen molar-refractivity contribution in [3.05, 3.63) is 18.2 Å². The summed E-state index contributed by atoms with van der Waals surface area (Å²) < 4.78 is 1.83. The predicted octanol–water partition coefficient (Wildman–Crippen LogP) is 1.02. The number of carbonyl (C=O) groups is 1. The minimum atomic E-state index is 0.105. The maximum Gasteiger partial charge on any atom is 0.274 e. The molecule has 0 spiro atoms. The largest absolute Gasteiger partial charge is 0.340 e. The van der Waals surface area contributed by atoms with Crippen LogP contribution in [0.25, 0.3) is 0 Å². The zero-order valence-corrected chi connectivity index (χ0v) is 11.5. The van der Waals surface area contributed by atoms with Crippen LogP contribution in [-0.4, -0.2) is 46.0 Å². The van der Waals surface area contributed by atoms with Crippen LogP contribution >= 0.6 is 0 Å². The third-order valence-corrected chi connectivity index (χ3v) is 4.36. The lowest BCUT2D eigenvalue weighted by atomic mass is 9.90. The van der Waals surface area contributed by atoms with Gasteiger partial charge in [-0.3, -0.25) is 4.79 Å². The molecule has 0 aliphatic carbocycles. The Morgan fingerprint density at radius 1 is 1.42 bits per heavy atom. The summed E-state index contributed by atoms with van der Waals surface area (Å²) in [7, 11) is 1.90. The Kier molecular flexibility index (Phi) is 3.55. The number of aryl methyl sites for hydroxylation is 1. The Hall–Kier alpha value is -1.36. The Labute approximate surface area is 114 Å². The highest BCUT2D eigenvalue weighted by molar-refractivity contribution is 5.92. The highest BCUT2D eigenvalue weighted by Gasteiger charge is 2.36. The molecule has 1 amide bonds. The first-order valence-corrected chi connectivity index (χ1v) is 7.25. The topological polar surface area (TPSA) is 50.2 Å². The van der Waals surface area contributed by atoms with E-state index in [9.17, 15) is 4.79 Å². The van der Waals surface area contributed by atoms with Gasteiger partial charge in [0.15, 0.2) is 0 Å². The van der Waals surface area contributed by atoms with Gasteiger partial charge in [0.25, 0.3) is 5.91 Å². The smallest absolute Gasteiger partial charge is 0.274 e. The molecule has 2 atom stereocenters. The van der Waals surface area contributed by atoms with Gasteiger partial charge in [0.05, 0.1) is 6.33 Å². The molecule has 19 heavy (non-hydrogen) atoms. The van der Waals surface area contributed by atoms with Crippen molar-refractivity contribution in [3.63, 3.8) is 0 Å². The summed E-state index contributed by atoms with van der Waals surface area (Å²) in [5.41, 5.74) is 0.582. The van der Waals surface area contributed by atoms with Gasteiger partial charge in [-0.15, -0.1) is 0 Å². The number of rotatable bonds is 2. The molecule has 2 unspecified atom stereocenters. The normalized spacial score (nSPS) is 27.7. The van der Waals surface area contributed by atoms with E-state index in [1.807, 2.05) is 17.8 Å². The summed E-state index contributed by atoms with van der Waals surface area (Å²) in [6.45, 7) is 3.06. The van der Waals surface area contributed by atoms with Crippen molar-refractivity contribution in [1.29, 1.82) is 0 Å². The molecule has 1 aromatic heterocycles. The molecule has 0 aromatic carbocycles. The summed E-state index contributed by atoms with van der Waals surface area (Å²) in [6, 6.07) is 0.405. The van der Waals surface area contributed by atoms with Gasteiger partial charge in [0.2, 0.25) is 0 Å². The summed E-state index contributed by atoms with van der Waals surface area (Å²) in [5.74, 6) is 0.720. The van der Waals surface area contributed by atoms with Crippen LogP contribution in [-0.2, 0) is 7.05 Å². The molecule has 104 valence electrons. The number of piperidine rings is 1. The van der Waals surface area contributed by atoms with Crippen molar-refractivity contribution in [2.45, 2.75) is 31.7 Å². The fourth-order valence-electron chi connectivity index (χ4n) is 3.41. The van der Waals surface area contributed by atoms with Gasteiger partial charge >= 0.3 is 0 Å². The van der Waals surface area contributed by atoms with Gasteiger partial charge in [-0.2, -0.15) is 0 Å². The van der Waals surface area contributed by atoms with E-state index in [0.717, 1.165) is 32.5 Å². The van der Waals surface area contributed by atoms with Crippen LogP contribution in [0, 0.1) is 5.92 Å². The summed E-state index contributed by atoms with van der Waals surface area (Å²) in [6.07, 6.45) is 8.25. The summed E-state index contributed by atoms with van der Waals surface area (Å²) >= 11 is 0. The quantitative estimate of drug-likeness (QED) is 0.866. The van der Waals surface area contributed by atoms with Gasteiger partial charge in [0.1, 0.15) is 5.69 Å². The maximum absolute atomic E-state index is 12.5. The monoisotopic (exact) mass is 262 g/mol. The fraction of sp³-hybridized carbons (Fsp3) is 0.714. The number of hydrogen-bond donors (Lipinski definition) is 1. The lowest BCUT2D eigenvalue weighted by molar-refractivity contribution is 0.0665. The van der Waals surface area contributed by atoms with Crippen molar-refractivity contribution >= 4 is 5.91 Å². The zero-order chi connectivity index (χ0) is 13.2. The molecular formula is C14H22N4O. The average Bonchev–Trinajstić information content (AvgIpc) is 3.07. The Bertz CT molecular complexity index is 450. The zero-order valence-electron chi connectivity index (χ0n) is 11.5. The third-order valence-electron chi connectivity index (χ3n) is 4.36. The highest BCUT2D eigenvalue weighted by atomic mass is 16.2. The number of aromatic nitrogens is 2. The van der Waals surface area contributed by atoms with E-state index in [2.05, 4.69) is 15.2 Å². The van der Waals surface area contributed by atoms with Crippen molar-refractivity contribution in [2.24, 2.45) is 13.0 Å². The number of hydrogen-bond acceptors (Lipinski definition) is 3. The molecule has 5 nitrogen and oxygen atoms in total. The molecule has 2 aliphatic rings. The third kappa shape index (κ3) is 2.52. The second-order valence-electron chi connectivity index (χ2n) is 5.74. The van der Waals surface area contributed by atoms with Crippen LogP contribution in [0.3, 0.4) is 0 Å². The first-order chi connectivity index (χ1) is 9.25. The number of imidazole rings is 1. The molecule has 2 fully saturated rings. The molecular weight excluding hydrogens is 240 g/mol. The van der Waals surface area contributed by atoms with Crippen LogP contribution in [0.1, 0.15) is 36.2 Å². The Morgan fingerprint density at radius 3 is 3.00 bits per heavy atom. The standard InChI is InChI=1S/C14H22N4O/c1-17-9-12(16-10-17)14(19)18-7-3-5-13(18)11-4-2-6-15-8-11/h9-11,13,15H,2-8H2,1H3. The van der Waals surface area contributed by atoms with Crippen LogP contribution in [0.4, 0.5) is 0 Å². The molecule has 3 rings (SSSR count). The average molecular weight is 262 g/mol. The molecule has 1 N–H and O–H groups in total. The number of nitrogens with one attached hydrogen (secondary N) is 1. The van der Waals surface area contributed by atoms with Crippen LogP contribution in [0.15, 0.2) is 12.5 Å². The molecule has 2 saturated heterocycles. The Balaban J connectivity index is 1.73. The molecule has 0 bridgehead atoms. The number of amides is 1. The Morgan fingerprint density at radius 2 is 2.32 bits per heavy atom. The SMILES string of the molecule is Cn1cnc(C(=O)N2CCCC2C2CCCNC2)c1. The first-order valence-electron chi connectivity index (χ1n) is 7.25. The van der Waals surface area contributed by atoms with E-state index in [0.29, 0.717) is 17.7 Å². The van der Waals surface area contributed by atoms with Crippen molar-refractivity contribution < 1.29 is 4.79 Å². The van der Waals surface area contributed by atoms with E-state index >= 15 is 0 Å². The van der Waals surface area contributed by atoms with Crippen LogP contribution in [0.2, 0.25) is 0 Å². The number of nitrogens with zero attached hydrogens (tertiary/aromatic N) is 3. The van der Waals surface area contributed by atoms with Gasteiger partial charge < -0.3 is 14.8 Å². The van der Waals surface area contributed by atoms with E-state index in [-0.39, 0.29) is 5.91 Å². The van der Waals surface area contributed by atoms with E-state index in [4.69, 9.17) is 0 Å². The lowest BCUT2D eigenvalue weighted by Gasteiger charge is -2.34. The molecule has 0 radical (unpaired) electrons. The van der Waals surface area contributed by atoms with Gasteiger partial charge in [-0.1, -0.05) is 0 Å². The maximum atomic E-state index is 12.5. The van der Waals surface area contributed by atoms with Crippen molar-refractivity contribution in [3.8, 4) is 0 Å². The minimum absolute atomic E-state index is 0.105. The van der Waals surface area contributed by atoms with Gasteiger partial charge in [-0.25, -0.2) is 4.98 Å². The summed E-state index contributed by atoms with van der Waals surface area (Å²) in [4.78, 5) is 18.8. The van der Waals surface area contributed by atoms with E-state index in [1.165, 1.54) is 12.8 Å². The second kappa shape index (κ2) is 5.33. The summed E-state index contributed by atoms with van der Waals surface area (Å²) in [5, 5.41) is 3.46. The van der Waals surface area contributed by atoms with Gasteiger partial charge in [-0.05, 0) is 44.7 Å². The van der Waals surface area contributed by atoms with Crippen LogP contribution in [0.5, 0.6) is 0 Å². The fourth-order valence-corrected chi connectivity index (χ4v) is 3.41. The van der Waals surface area contributed by atoms with Crippen LogP contribution < -0.4 is 5.32 Å².